The average molecular weight is 618 g/mol. The molecule has 2 saturated heterocycles. The van der Waals surface area contributed by atoms with E-state index in [1.54, 1.807) is 39.0 Å². The van der Waals surface area contributed by atoms with Gasteiger partial charge in [0.05, 0.1) is 11.1 Å². The summed E-state index contributed by atoms with van der Waals surface area (Å²) in [6.07, 6.45) is -4.54. The molecule has 1 unspecified atom stereocenters. The predicted octanol–water partition coefficient (Wildman–Crippen LogP) is 4.50. The number of fused-ring (bicyclic) bond motifs is 1. The van der Waals surface area contributed by atoms with Gasteiger partial charge < -0.3 is 19.5 Å². The number of nitrogens with one attached hydrogen (secondary N) is 1. The SMILES string of the molecule is Cc1nc2ccc(CN3C(=O)N(C)C(=O)C34CCN(C(=O)C(NC(=O)c3cc(C(F)(F)F)ccc3F)C(C)C)CC4)cc2o1. The number of benzene rings is 2. The van der Waals surface area contributed by atoms with Crippen molar-refractivity contribution in [3.05, 3.63) is 64.8 Å². The lowest BCUT2D eigenvalue weighted by molar-refractivity contribution is -0.142. The van der Waals surface area contributed by atoms with Crippen molar-refractivity contribution in [1.82, 2.24) is 25.0 Å². The molecule has 5 rings (SSSR count). The maximum absolute atomic E-state index is 14.4. The molecule has 1 aromatic heterocycles. The Kier molecular flexibility index (Phi) is 7.89. The number of imide groups is 1. The van der Waals surface area contributed by atoms with E-state index in [1.165, 1.54) is 16.8 Å². The van der Waals surface area contributed by atoms with Crippen LogP contribution in [0.4, 0.5) is 22.4 Å². The van der Waals surface area contributed by atoms with E-state index in [0.29, 0.717) is 35.2 Å². The molecular formula is C30H31F4N5O5. The maximum Gasteiger partial charge on any atom is 0.416 e. The summed E-state index contributed by atoms with van der Waals surface area (Å²) in [5.74, 6) is -3.23. The van der Waals surface area contributed by atoms with Crippen LogP contribution in [0.1, 0.15) is 54.1 Å². The van der Waals surface area contributed by atoms with Crippen LogP contribution in [-0.4, -0.2) is 75.2 Å². The van der Waals surface area contributed by atoms with Crippen LogP contribution in [0.15, 0.2) is 40.8 Å². The van der Waals surface area contributed by atoms with Gasteiger partial charge >= 0.3 is 12.2 Å². The number of nitrogens with zero attached hydrogens (tertiary/aromatic N) is 4. The molecule has 234 valence electrons. The van der Waals surface area contributed by atoms with Crippen molar-refractivity contribution in [1.29, 1.82) is 0 Å². The summed E-state index contributed by atoms with van der Waals surface area (Å²) in [5, 5.41) is 2.40. The van der Waals surface area contributed by atoms with Gasteiger partial charge in [0, 0.05) is 33.6 Å². The third-order valence-electron chi connectivity index (χ3n) is 8.30. The zero-order valence-electron chi connectivity index (χ0n) is 24.5. The molecule has 44 heavy (non-hydrogen) atoms. The lowest BCUT2D eigenvalue weighted by Gasteiger charge is -2.43. The van der Waals surface area contributed by atoms with E-state index in [1.807, 2.05) is 0 Å². The van der Waals surface area contributed by atoms with Crippen molar-refractivity contribution in [3.63, 3.8) is 0 Å². The zero-order chi connectivity index (χ0) is 32.1. The number of carbonyl (C=O) groups is 4. The van der Waals surface area contributed by atoms with Crippen LogP contribution in [0, 0.1) is 18.7 Å². The number of carbonyl (C=O) groups excluding carboxylic acids is 4. The van der Waals surface area contributed by atoms with Gasteiger partial charge in [0.15, 0.2) is 11.5 Å². The first-order valence-electron chi connectivity index (χ1n) is 14.0. The maximum atomic E-state index is 14.4. The minimum Gasteiger partial charge on any atom is -0.441 e. The second kappa shape index (κ2) is 11.2. The first kappa shape index (κ1) is 31.0. The number of amides is 5. The van der Waals surface area contributed by atoms with E-state index >= 15 is 0 Å². The molecule has 14 heteroatoms. The molecule has 10 nitrogen and oxygen atoms in total. The summed E-state index contributed by atoms with van der Waals surface area (Å²) in [5.41, 5.74) is -1.29. The molecule has 2 aliphatic rings. The van der Waals surface area contributed by atoms with Gasteiger partial charge in [-0.1, -0.05) is 19.9 Å². The van der Waals surface area contributed by atoms with Gasteiger partial charge in [-0.25, -0.2) is 14.2 Å². The number of rotatable bonds is 6. The lowest BCUT2D eigenvalue weighted by Crippen LogP contribution is -2.60. The monoisotopic (exact) mass is 617 g/mol. The Bertz CT molecular complexity index is 1640. The number of oxazole rings is 1. The molecular weight excluding hydrogens is 586 g/mol. The number of hydrogen-bond acceptors (Lipinski definition) is 6. The quantitative estimate of drug-likeness (QED) is 0.322. The van der Waals surface area contributed by atoms with Crippen molar-refractivity contribution in [3.8, 4) is 0 Å². The van der Waals surface area contributed by atoms with E-state index in [0.717, 1.165) is 10.5 Å². The Hall–Kier alpha value is -4.49. The molecule has 0 aliphatic carbocycles. The first-order chi connectivity index (χ1) is 20.6. The molecule has 1 spiro atoms. The summed E-state index contributed by atoms with van der Waals surface area (Å²) in [6, 6.07) is 5.18. The number of likely N-dealkylation sites (tertiary alicyclic amines) is 1. The fourth-order valence-electron chi connectivity index (χ4n) is 5.85. The molecule has 2 aliphatic heterocycles. The fraction of sp³-hybridized carbons (Fsp3) is 0.433. The normalized spacial score (nSPS) is 17.7. The number of halogens is 4. The molecule has 3 heterocycles. The zero-order valence-corrected chi connectivity index (χ0v) is 24.5. The first-order valence-corrected chi connectivity index (χ1v) is 14.0. The van der Waals surface area contributed by atoms with Crippen molar-refractivity contribution in [2.45, 2.75) is 57.9 Å². The van der Waals surface area contributed by atoms with E-state index < -0.39 is 58.5 Å². The van der Waals surface area contributed by atoms with E-state index in [9.17, 15) is 36.7 Å². The van der Waals surface area contributed by atoms with Crippen molar-refractivity contribution >= 4 is 34.9 Å². The van der Waals surface area contributed by atoms with Crippen LogP contribution in [0.2, 0.25) is 0 Å². The molecule has 2 fully saturated rings. The topological polar surface area (TPSA) is 116 Å². The number of aryl methyl sites for hydroxylation is 1. The number of likely N-dealkylation sites (N-methyl/N-ethyl adjacent to an activating group) is 1. The highest BCUT2D eigenvalue weighted by atomic mass is 19.4. The highest BCUT2D eigenvalue weighted by Crippen LogP contribution is 2.38. The third kappa shape index (κ3) is 5.48. The molecule has 5 amide bonds. The molecule has 1 atom stereocenters. The number of alkyl halides is 3. The smallest absolute Gasteiger partial charge is 0.416 e. The number of hydrogen-bond donors (Lipinski definition) is 1. The molecule has 0 bridgehead atoms. The second-order valence-corrected chi connectivity index (χ2v) is 11.5. The predicted molar refractivity (Wildman–Crippen MR) is 148 cm³/mol. The van der Waals surface area contributed by atoms with Crippen LogP contribution in [0.5, 0.6) is 0 Å². The third-order valence-corrected chi connectivity index (χ3v) is 8.30. The van der Waals surface area contributed by atoms with Gasteiger partial charge in [-0.05, 0) is 54.7 Å². The number of aromatic nitrogens is 1. The molecule has 0 radical (unpaired) electrons. The highest BCUT2D eigenvalue weighted by molar-refractivity contribution is 6.07. The van der Waals surface area contributed by atoms with Crippen LogP contribution in [0.3, 0.4) is 0 Å². The minimum absolute atomic E-state index is 0.0690. The van der Waals surface area contributed by atoms with Gasteiger partial charge in [0.1, 0.15) is 22.9 Å². The Morgan fingerprint density at radius 1 is 1.09 bits per heavy atom. The van der Waals surface area contributed by atoms with Gasteiger partial charge in [0.25, 0.3) is 11.8 Å². The number of urea groups is 1. The highest BCUT2D eigenvalue weighted by Gasteiger charge is 2.57. The van der Waals surface area contributed by atoms with Crippen molar-refractivity contribution in [2.75, 3.05) is 20.1 Å². The Labute approximate surface area is 250 Å². The summed E-state index contributed by atoms with van der Waals surface area (Å²) < 4.78 is 59.5. The molecule has 3 aromatic rings. The van der Waals surface area contributed by atoms with Gasteiger partial charge in [-0.15, -0.1) is 0 Å². The fourth-order valence-corrected chi connectivity index (χ4v) is 5.85. The van der Waals surface area contributed by atoms with E-state index in [4.69, 9.17) is 4.42 Å². The lowest BCUT2D eigenvalue weighted by atomic mass is 9.85. The van der Waals surface area contributed by atoms with Gasteiger partial charge in [-0.3, -0.25) is 19.3 Å². The van der Waals surface area contributed by atoms with Crippen LogP contribution < -0.4 is 5.32 Å². The van der Waals surface area contributed by atoms with E-state index in [-0.39, 0.29) is 38.4 Å². The summed E-state index contributed by atoms with van der Waals surface area (Å²) in [4.78, 5) is 61.4. The standard InChI is InChI=1S/C30H31F4N5O5/c1-16(2)24(36-25(40)20-14-19(30(32,33)34)6-7-21(20)31)26(41)38-11-9-29(10-12-38)27(42)37(4)28(43)39(29)15-18-5-8-22-23(13-18)44-17(3)35-22/h5-8,13-14,16,24H,9-12,15H2,1-4H3,(H,36,40). The van der Waals surface area contributed by atoms with Crippen molar-refractivity contribution < 1.29 is 41.2 Å². The Morgan fingerprint density at radius 2 is 1.77 bits per heavy atom. The van der Waals surface area contributed by atoms with E-state index in [2.05, 4.69) is 10.3 Å². The summed E-state index contributed by atoms with van der Waals surface area (Å²) in [7, 11) is 1.41. The van der Waals surface area contributed by atoms with Crippen LogP contribution in [0.25, 0.3) is 11.1 Å². The number of piperidine rings is 1. The van der Waals surface area contributed by atoms with Crippen LogP contribution >= 0.6 is 0 Å². The summed E-state index contributed by atoms with van der Waals surface area (Å²) >= 11 is 0. The van der Waals surface area contributed by atoms with Gasteiger partial charge in [-0.2, -0.15) is 13.2 Å². The second-order valence-electron chi connectivity index (χ2n) is 11.5. The largest absolute Gasteiger partial charge is 0.441 e. The minimum atomic E-state index is -4.79. The Balaban J connectivity index is 1.32. The Morgan fingerprint density at radius 3 is 2.41 bits per heavy atom. The molecule has 1 N–H and O–H groups in total. The van der Waals surface area contributed by atoms with Crippen LogP contribution in [-0.2, 0) is 22.3 Å². The molecule has 2 aromatic carbocycles. The average Bonchev–Trinajstić information content (AvgIpc) is 3.42. The summed E-state index contributed by atoms with van der Waals surface area (Å²) in [6.45, 7) is 5.25. The van der Waals surface area contributed by atoms with Crippen molar-refractivity contribution in [2.24, 2.45) is 5.92 Å². The molecule has 0 saturated carbocycles. The van der Waals surface area contributed by atoms with Gasteiger partial charge in [0.2, 0.25) is 5.91 Å².